The highest BCUT2D eigenvalue weighted by molar-refractivity contribution is 7.89. The Kier molecular flexibility index (Phi) is 6.54. The molecule has 0 bridgehead atoms. The van der Waals surface area contributed by atoms with E-state index in [1.807, 2.05) is 0 Å². The third kappa shape index (κ3) is 4.27. The van der Waals surface area contributed by atoms with Crippen molar-refractivity contribution in [1.29, 1.82) is 5.41 Å². The van der Waals surface area contributed by atoms with E-state index >= 15 is 0 Å². The predicted octanol–water partition coefficient (Wildman–Crippen LogP) is 2.09. The van der Waals surface area contributed by atoms with E-state index in [-0.39, 0.29) is 29.9 Å². The Bertz CT molecular complexity index is 948. The van der Waals surface area contributed by atoms with Crippen molar-refractivity contribution in [2.24, 2.45) is 5.73 Å². The Hall–Kier alpha value is -1.65. The molecular formula is C16H21Cl2N5O3S. The number of aliphatic hydroxyl groups excluding tert-OH is 1. The van der Waals surface area contributed by atoms with Crippen LogP contribution in [0.15, 0.2) is 35.5 Å². The monoisotopic (exact) mass is 433 g/mol. The van der Waals surface area contributed by atoms with Crippen molar-refractivity contribution in [3.8, 4) is 0 Å². The number of halogens is 2. The Labute approximate surface area is 168 Å². The van der Waals surface area contributed by atoms with Gasteiger partial charge in [-0.15, -0.1) is 12.4 Å². The van der Waals surface area contributed by atoms with Gasteiger partial charge in [-0.3, -0.25) is 10.4 Å². The molecule has 1 aromatic heterocycles. The van der Waals surface area contributed by atoms with Crippen molar-refractivity contribution in [2.75, 3.05) is 11.0 Å². The van der Waals surface area contributed by atoms with E-state index in [9.17, 15) is 13.5 Å². The summed E-state index contributed by atoms with van der Waals surface area (Å²) in [7, 11) is -3.81. The number of hydrogen-bond acceptors (Lipinski definition) is 5. The highest BCUT2D eigenvalue weighted by atomic mass is 35.5. The Morgan fingerprint density at radius 3 is 2.63 bits per heavy atom. The van der Waals surface area contributed by atoms with E-state index in [2.05, 4.69) is 9.71 Å². The lowest BCUT2D eigenvalue weighted by atomic mass is 10.0. The molecule has 0 aliphatic heterocycles. The molecule has 8 nitrogen and oxygen atoms in total. The van der Waals surface area contributed by atoms with Crippen LogP contribution in [0, 0.1) is 5.41 Å². The summed E-state index contributed by atoms with van der Waals surface area (Å²) in [6.45, 7) is -0.231. The van der Waals surface area contributed by atoms with Crippen LogP contribution >= 0.6 is 24.2 Å². The number of benzene rings is 1. The van der Waals surface area contributed by atoms with E-state index in [0.29, 0.717) is 29.3 Å². The van der Waals surface area contributed by atoms with Crippen LogP contribution in [0.4, 0.5) is 5.69 Å². The summed E-state index contributed by atoms with van der Waals surface area (Å²) < 4.78 is 29.2. The third-order valence-corrected chi connectivity index (χ3v) is 6.60. The van der Waals surface area contributed by atoms with Gasteiger partial charge in [-0.25, -0.2) is 17.6 Å². The maximum atomic E-state index is 12.8. The van der Waals surface area contributed by atoms with E-state index in [1.165, 1.54) is 24.5 Å². The van der Waals surface area contributed by atoms with Gasteiger partial charge in [0.15, 0.2) is 0 Å². The number of sulfonamides is 1. The molecule has 3 rings (SSSR count). The Balaban J connectivity index is 0.00000261. The maximum absolute atomic E-state index is 12.8. The van der Waals surface area contributed by atoms with Gasteiger partial charge in [0.2, 0.25) is 16.0 Å². The molecule has 5 N–H and O–H groups in total. The minimum atomic E-state index is -3.81. The van der Waals surface area contributed by atoms with Gasteiger partial charge in [-0.05, 0) is 25.0 Å². The highest BCUT2D eigenvalue weighted by Gasteiger charge is 2.37. The summed E-state index contributed by atoms with van der Waals surface area (Å²) in [6.07, 6.45) is 5.95. The van der Waals surface area contributed by atoms with Crippen molar-refractivity contribution < 1.29 is 13.5 Å². The molecule has 2 aromatic rings. The smallest absolute Gasteiger partial charge is 0.241 e. The van der Waals surface area contributed by atoms with Gasteiger partial charge in [-0.1, -0.05) is 18.9 Å². The van der Waals surface area contributed by atoms with Crippen molar-refractivity contribution >= 4 is 56.6 Å². The summed E-state index contributed by atoms with van der Waals surface area (Å²) in [6, 6.07) is 4.54. The summed E-state index contributed by atoms with van der Waals surface area (Å²) in [4.78, 5) is 4.12. The standard InChI is InChI=1S/C16H20ClN5O3S.ClH/c17-22(15(18)19)14-9-20-8-11-7-12(3-4-13(11)14)26(24,25)21-16(10-23)5-1-2-6-16;/h3-4,7-9,21,23H,1-2,5-6,10H2,(H3,18,19);1H. The average Bonchev–Trinajstić information content (AvgIpc) is 3.08. The molecule has 1 heterocycles. The summed E-state index contributed by atoms with van der Waals surface area (Å²) in [5, 5.41) is 18.3. The zero-order chi connectivity index (χ0) is 18.9. The summed E-state index contributed by atoms with van der Waals surface area (Å²) in [5.41, 5.74) is 4.99. The van der Waals surface area contributed by atoms with Crippen molar-refractivity contribution in [3.63, 3.8) is 0 Å². The van der Waals surface area contributed by atoms with Gasteiger partial charge in [0.05, 0.1) is 28.9 Å². The molecule has 27 heavy (non-hydrogen) atoms. The SMILES string of the molecule is Cl.N=C(N)N(Cl)c1cncc2cc(S(=O)(=O)NC3(CO)CCCC3)ccc12. The number of rotatable bonds is 5. The quantitative estimate of drug-likeness (QED) is 0.324. The van der Waals surface area contributed by atoms with E-state index in [0.717, 1.165) is 17.3 Å². The molecule has 0 radical (unpaired) electrons. The van der Waals surface area contributed by atoms with E-state index < -0.39 is 15.6 Å². The molecule has 1 aliphatic rings. The molecule has 1 aliphatic carbocycles. The number of anilines is 1. The fraction of sp³-hybridized carbons (Fsp3) is 0.375. The minimum Gasteiger partial charge on any atom is -0.394 e. The number of hydrogen-bond donors (Lipinski definition) is 4. The molecule has 0 unspecified atom stereocenters. The number of nitrogens with zero attached hydrogens (tertiary/aromatic N) is 2. The average molecular weight is 434 g/mol. The minimum absolute atomic E-state index is 0. The number of pyridine rings is 1. The van der Waals surface area contributed by atoms with Crippen molar-refractivity contribution in [1.82, 2.24) is 9.71 Å². The van der Waals surface area contributed by atoms with Gasteiger partial charge in [0, 0.05) is 28.7 Å². The summed E-state index contributed by atoms with van der Waals surface area (Å²) in [5.74, 6) is -0.370. The zero-order valence-corrected chi connectivity index (χ0v) is 16.7. The van der Waals surface area contributed by atoms with Crippen LogP contribution in [0.1, 0.15) is 25.7 Å². The molecule has 1 saturated carbocycles. The Morgan fingerprint density at radius 1 is 1.37 bits per heavy atom. The van der Waals surface area contributed by atoms with Crippen LogP contribution in [-0.2, 0) is 10.0 Å². The lowest BCUT2D eigenvalue weighted by Crippen LogP contribution is -2.49. The third-order valence-electron chi connectivity index (χ3n) is 4.66. The van der Waals surface area contributed by atoms with E-state index in [1.54, 1.807) is 6.07 Å². The molecular weight excluding hydrogens is 413 g/mol. The van der Waals surface area contributed by atoms with Gasteiger partial charge in [0.1, 0.15) is 0 Å². The molecule has 0 atom stereocenters. The first-order chi connectivity index (χ1) is 12.3. The largest absolute Gasteiger partial charge is 0.394 e. The van der Waals surface area contributed by atoms with Crippen LogP contribution < -0.4 is 14.9 Å². The molecule has 148 valence electrons. The maximum Gasteiger partial charge on any atom is 0.241 e. The lowest BCUT2D eigenvalue weighted by Gasteiger charge is -2.27. The number of nitrogens with two attached hydrogens (primary N) is 1. The van der Waals surface area contributed by atoms with Crippen LogP contribution in [0.25, 0.3) is 10.8 Å². The molecule has 0 saturated heterocycles. The first kappa shape index (κ1) is 21.6. The summed E-state index contributed by atoms with van der Waals surface area (Å²) >= 11 is 5.99. The second-order valence-corrected chi connectivity index (χ2v) is 8.48. The number of nitrogens with one attached hydrogen (secondary N) is 2. The molecule has 0 spiro atoms. The fourth-order valence-corrected chi connectivity index (χ4v) is 4.90. The lowest BCUT2D eigenvalue weighted by molar-refractivity contribution is 0.185. The first-order valence-corrected chi connectivity index (χ1v) is 9.93. The molecule has 1 aromatic carbocycles. The topological polar surface area (TPSA) is 132 Å². The molecule has 11 heteroatoms. The molecule has 1 fully saturated rings. The van der Waals surface area contributed by atoms with Gasteiger partial charge in [-0.2, -0.15) is 0 Å². The van der Waals surface area contributed by atoms with Crippen LogP contribution in [0.5, 0.6) is 0 Å². The van der Waals surface area contributed by atoms with Gasteiger partial charge >= 0.3 is 0 Å². The van der Waals surface area contributed by atoms with Crippen LogP contribution in [0.3, 0.4) is 0 Å². The number of aromatic nitrogens is 1. The zero-order valence-electron chi connectivity index (χ0n) is 14.4. The van der Waals surface area contributed by atoms with E-state index in [4.69, 9.17) is 22.9 Å². The van der Waals surface area contributed by atoms with Crippen LogP contribution in [0.2, 0.25) is 0 Å². The normalized spacial score (nSPS) is 16.1. The fourth-order valence-electron chi connectivity index (χ4n) is 3.28. The number of guanidine groups is 1. The second-order valence-electron chi connectivity index (χ2n) is 6.46. The van der Waals surface area contributed by atoms with Crippen molar-refractivity contribution in [2.45, 2.75) is 36.1 Å². The van der Waals surface area contributed by atoms with Gasteiger partial charge < -0.3 is 10.8 Å². The number of fused-ring (bicyclic) bond motifs is 1. The predicted molar refractivity (Wildman–Crippen MR) is 108 cm³/mol. The van der Waals surface area contributed by atoms with Gasteiger partial charge in [0.25, 0.3) is 0 Å². The van der Waals surface area contributed by atoms with Crippen LogP contribution in [-0.4, -0.2) is 36.6 Å². The Morgan fingerprint density at radius 2 is 2.04 bits per heavy atom. The first-order valence-electron chi connectivity index (χ1n) is 8.11. The number of aliphatic hydroxyl groups is 1. The molecule has 0 amide bonds. The van der Waals surface area contributed by atoms with Crippen molar-refractivity contribution in [3.05, 3.63) is 30.6 Å². The second kappa shape index (κ2) is 8.15. The highest BCUT2D eigenvalue weighted by Crippen LogP contribution is 2.32.